The van der Waals surface area contributed by atoms with Gasteiger partial charge in [-0.15, -0.1) is 0 Å². The van der Waals surface area contributed by atoms with Crippen LogP contribution in [0.3, 0.4) is 0 Å². The number of carbonyl (C=O) groups is 1. The third-order valence-electron chi connectivity index (χ3n) is 4.12. The van der Waals surface area contributed by atoms with Crippen LogP contribution >= 0.6 is 0 Å². The van der Waals surface area contributed by atoms with Crippen LogP contribution in [0.4, 0.5) is 5.69 Å². The van der Waals surface area contributed by atoms with Crippen molar-refractivity contribution in [3.8, 4) is 0 Å². The Morgan fingerprint density at radius 2 is 1.85 bits per heavy atom. The lowest BCUT2D eigenvalue weighted by Gasteiger charge is -2.27. The smallest absolute Gasteiger partial charge is 0.253 e. The number of nitrogens with zero attached hydrogens (tertiary/aromatic N) is 1. The third kappa shape index (κ3) is 3.99. The quantitative estimate of drug-likeness (QED) is 0.886. The minimum absolute atomic E-state index is 0.138. The van der Waals surface area contributed by atoms with Gasteiger partial charge in [0.05, 0.1) is 0 Å². The molecular weight excluding hydrogens is 248 g/mol. The summed E-state index contributed by atoms with van der Waals surface area (Å²) in [4.78, 5) is 14.3. The fourth-order valence-corrected chi connectivity index (χ4v) is 3.00. The molecule has 0 atom stereocenters. The zero-order valence-corrected chi connectivity index (χ0v) is 12.7. The van der Waals surface area contributed by atoms with E-state index in [2.05, 4.69) is 12.2 Å². The van der Waals surface area contributed by atoms with Crippen LogP contribution in [0, 0.1) is 5.92 Å². The Morgan fingerprint density at radius 3 is 2.45 bits per heavy atom. The van der Waals surface area contributed by atoms with Crippen molar-refractivity contribution in [1.82, 2.24) is 4.90 Å². The first-order valence-electron chi connectivity index (χ1n) is 7.80. The maximum Gasteiger partial charge on any atom is 0.253 e. The van der Waals surface area contributed by atoms with Crippen LogP contribution in [0.1, 0.15) is 49.4 Å². The summed E-state index contributed by atoms with van der Waals surface area (Å²) in [5.74, 6) is 0.831. The second-order valence-corrected chi connectivity index (χ2v) is 5.80. The lowest BCUT2D eigenvalue weighted by atomic mass is 9.89. The van der Waals surface area contributed by atoms with E-state index in [1.807, 2.05) is 36.2 Å². The number of rotatable bonds is 5. The number of anilines is 1. The van der Waals surface area contributed by atoms with Crippen molar-refractivity contribution in [2.45, 2.75) is 39.0 Å². The van der Waals surface area contributed by atoms with E-state index in [9.17, 15) is 4.79 Å². The molecule has 0 spiro atoms. The maximum absolute atomic E-state index is 12.4. The zero-order chi connectivity index (χ0) is 14.4. The SMILES string of the molecule is CCNc1ccc(C(=O)N(C)CC2CCCCC2)cc1. The van der Waals surface area contributed by atoms with Gasteiger partial charge in [-0.2, -0.15) is 0 Å². The Morgan fingerprint density at radius 1 is 1.20 bits per heavy atom. The van der Waals surface area contributed by atoms with Crippen molar-refractivity contribution < 1.29 is 4.79 Å². The van der Waals surface area contributed by atoms with Gasteiger partial charge in [-0.3, -0.25) is 4.79 Å². The monoisotopic (exact) mass is 274 g/mol. The second-order valence-electron chi connectivity index (χ2n) is 5.80. The number of benzene rings is 1. The average molecular weight is 274 g/mol. The van der Waals surface area contributed by atoms with Gasteiger partial charge >= 0.3 is 0 Å². The predicted molar refractivity (Wildman–Crippen MR) is 84.1 cm³/mol. The molecule has 2 rings (SSSR count). The highest BCUT2D eigenvalue weighted by atomic mass is 16.2. The summed E-state index contributed by atoms with van der Waals surface area (Å²) in [6.07, 6.45) is 6.56. The van der Waals surface area contributed by atoms with Gasteiger partial charge in [0, 0.05) is 31.4 Å². The van der Waals surface area contributed by atoms with E-state index in [0.717, 1.165) is 24.3 Å². The van der Waals surface area contributed by atoms with E-state index in [1.165, 1.54) is 32.1 Å². The molecular formula is C17H26N2O. The predicted octanol–water partition coefficient (Wildman–Crippen LogP) is 3.77. The molecule has 1 saturated carbocycles. The molecule has 20 heavy (non-hydrogen) atoms. The fraction of sp³-hybridized carbons (Fsp3) is 0.588. The summed E-state index contributed by atoms with van der Waals surface area (Å²) in [5, 5.41) is 3.24. The van der Waals surface area contributed by atoms with Gasteiger partial charge in [-0.25, -0.2) is 0 Å². The number of carbonyl (C=O) groups excluding carboxylic acids is 1. The van der Waals surface area contributed by atoms with E-state index in [4.69, 9.17) is 0 Å². The van der Waals surface area contributed by atoms with Gasteiger partial charge < -0.3 is 10.2 Å². The number of nitrogens with one attached hydrogen (secondary N) is 1. The molecule has 0 radical (unpaired) electrons. The van der Waals surface area contributed by atoms with E-state index in [-0.39, 0.29) is 5.91 Å². The first-order valence-corrected chi connectivity index (χ1v) is 7.80. The molecule has 1 aromatic rings. The lowest BCUT2D eigenvalue weighted by molar-refractivity contribution is 0.0760. The molecule has 0 saturated heterocycles. The molecule has 1 N–H and O–H groups in total. The first kappa shape index (κ1) is 14.9. The van der Waals surface area contributed by atoms with Crippen molar-refractivity contribution in [3.63, 3.8) is 0 Å². The summed E-state index contributed by atoms with van der Waals surface area (Å²) >= 11 is 0. The van der Waals surface area contributed by atoms with Crippen LogP contribution in [0.15, 0.2) is 24.3 Å². The molecule has 110 valence electrons. The standard InChI is InChI=1S/C17H26N2O/c1-3-18-16-11-9-15(10-12-16)17(20)19(2)13-14-7-5-4-6-8-14/h9-12,14,18H,3-8,13H2,1-2H3. The molecule has 0 heterocycles. The summed E-state index contributed by atoms with van der Waals surface area (Å²) < 4.78 is 0. The van der Waals surface area contributed by atoms with Gasteiger partial charge in [0.1, 0.15) is 0 Å². The van der Waals surface area contributed by atoms with Crippen LogP contribution < -0.4 is 5.32 Å². The lowest BCUT2D eigenvalue weighted by Crippen LogP contribution is -2.32. The topological polar surface area (TPSA) is 32.3 Å². The molecule has 1 aliphatic carbocycles. The van der Waals surface area contributed by atoms with Gasteiger partial charge in [0.25, 0.3) is 5.91 Å². The van der Waals surface area contributed by atoms with Gasteiger partial charge in [-0.05, 0) is 49.9 Å². The Bertz CT molecular complexity index is 421. The highest BCUT2D eigenvalue weighted by Crippen LogP contribution is 2.24. The molecule has 1 fully saturated rings. The van der Waals surface area contributed by atoms with Gasteiger partial charge in [0.15, 0.2) is 0 Å². The third-order valence-corrected chi connectivity index (χ3v) is 4.12. The average Bonchev–Trinajstić information content (AvgIpc) is 2.48. The van der Waals surface area contributed by atoms with Crippen LogP contribution in [0.2, 0.25) is 0 Å². The molecule has 1 aliphatic rings. The van der Waals surface area contributed by atoms with Crippen molar-refractivity contribution in [2.75, 3.05) is 25.5 Å². The summed E-state index contributed by atoms with van der Waals surface area (Å²) in [6, 6.07) is 7.78. The van der Waals surface area contributed by atoms with Crippen molar-refractivity contribution in [2.24, 2.45) is 5.92 Å². The number of hydrogen-bond donors (Lipinski definition) is 1. The molecule has 0 aliphatic heterocycles. The highest BCUT2D eigenvalue weighted by molar-refractivity contribution is 5.94. The van der Waals surface area contributed by atoms with E-state index >= 15 is 0 Å². The van der Waals surface area contributed by atoms with Gasteiger partial charge in [0.2, 0.25) is 0 Å². The molecule has 1 aromatic carbocycles. The first-order chi connectivity index (χ1) is 9.70. The minimum Gasteiger partial charge on any atom is -0.385 e. The molecule has 1 amide bonds. The van der Waals surface area contributed by atoms with E-state index < -0.39 is 0 Å². The highest BCUT2D eigenvalue weighted by Gasteiger charge is 2.19. The zero-order valence-electron chi connectivity index (χ0n) is 12.7. The largest absolute Gasteiger partial charge is 0.385 e. The molecule has 0 bridgehead atoms. The molecule has 0 unspecified atom stereocenters. The fourth-order valence-electron chi connectivity index (χ4n) is 3.00. The second kappa shape index (κ2) is 7.32. The van der Waals surface area contributed by atoms with Crippen molar-refractivity contribution >= 4 is 11.6 Å². The Kier molecular flexibility index (Phi) is 5.45. The number of hydrogen-bond acceptors (Lipinski definition) is 2. The van der Waals surface area contributed by atoms with Crippen LogP contribution in [-0.2, 0) is 0 Å². The minimum atomic E-state index is 0.138. The maximum atomic E-state index is 12.4. The Balaban J connectivity index is 1.91. The van der Waals surface area contributed by atoms with E-state index in [1.54, 1.807) is 0 Å². The molecule has 0 aromatic heterocycles. The van der Waals surface area contributed by atoms with Crippen LogP contribution in [0.25, 0.3) is 0 Å². The number of amides is 1. The van der Waals surface area contributed by atoms with Crippen LogP contribution in [0.5, 0.6) is 0 Å². The van der Waals surface area contributed by atoms with Gasteiger partial charge in [-0.1, -0.05) is 19.3 Å². The summed E-state index contributed by atoms with van der Waals surface area (Å²) in [6.45, 7) is 3.86. The molecule has 3 nitrogen and oxygen atoms in total. The normalized spacial score (nSPS) is 15.9. The van der Waals surface area contributed by atoms with E-state index in [0.29, 0.717) is 5.92 Å². The summed E-state index contributed by atoms with van der Waals surface area (Å²) in [5.41, 5.74) is 1.85. The van der Waals surface area contributed by atoms with Crippen molar-refractivity contribution in [1.29, 1.82) is 0 Å². The Labute approximate surface area is 122 Å². The Hall–Kier alpha value is -1.51. The summed E-state index contributed by atoms with van der Waals surface area (Å²) in [7, 11) is 1.93. The molecule has 3 heteroatoms. The van der Waals surface area contributed by atoms with Crippen molar-refractivity contribution in [3.05, 3.63) is 29.8 Å². The van der Waals surface area contributed by atoms with Crippen LogP contribution in [-0.4, -0.2) is 30.9 Å².